The second-order valence-electron chi connectivity index (χ2n) is 8.38. The predicted molar refractivity (Wildman–Crippen MR) is 98.9 cm³/mol. The molecule has 0 spiro atoms. The molecule has 2 bridgehead atoms. The topological polar surface area (TPSA) is 49.3 Å². The maximum absolute atomic E-state index is 11.6. The summed E-state index contributed by atoms with van der Waals surface area (Å²) in [7, 11) is 2.22. The lowest BCUT2D eigenvalue weighted by molar-refractivity contribution is -0.121. The summed E-state index contributed by atoms with van der Waals surface area (Å²) in [6, 6.07) is 1.14. The fourth-order valence-corrected chi connectivity index (χ4v) is 5.24. The van der Waals surface area contributed by atoms with Gasteiger partial charge in [-0.05, 0) is 70.9 Å². The number of carbonyl (C=O) groups excluding carboxylic acids is 1. The van der Waals surface area contributed by atoms with Crippen molar-refractivity contribution in [3.05, 3.63) is 17.5 Å². The van der Waals surface area contributed by atoms with Crippen LogP contribution in [0.25, 0.3) is 0 Å². The Balaban J connectivity index is 1.49. The number of Topliss-reactive ketones (excluding diaryl/α,β-unsaturated/α-hetero) is 1. The highest BCUT2D eigenvalue weighted by atomic mass is 16.1. The van der Waals surface area contributed by atoms with E-state index in [1.807, 2.05) is 0 Å². The Morgan fingerprint density at radius 3 is 2.28 bits per heavy atom. The highest BCUT2D eigenvalue weighted by Gasteiger charge is 2.40. The summed E-state index contributed by atoms with van der Waals surface area (Å²) in [5, 5.41) is 0. The fraction of sp³-hybridized carbons (Fsp3) is 0.750. The molecule has 3 aliphatic rings. The number of likely N-dealkylation sites (tertiary alicyclic amines) is 1. The molecule has 2 atom stereocenters. The van der Waals surface area contributed by atoms with E-state index in [9.17, 15) is 4.79 Å². The Morgan fingerprint density at radius 1 is 1.08 bits per heavy atom. The first kappa shape index (κ1) is 17.0. The van der Waals surface area contributed by atoms with Crippen molar-refractivity contribution in [2.45, 2.75) is 70.4 Å². The van der Waals surface area contributed by atoms with E-state index in [4.69, 9.17) is 9.97 Å². The molecule has 1 saturated carbocycles. The lowest BCUT2D eigenvalue weighted by Crippen LogP contribution is -2.53. The first-order valence-corrected chi connectivity index (χ1v) is 9.83. The predicted octanol–water partition coefficient (Wildman–Crippen LogP) is 2.93. The van der Waals surface area contributed by atoms with Gasteiger partial charge in [-0.1, -0.05) is 0 Å². The van der Waals surface area contributed by atoms with E-state index in [-0.39, 0.29) is 5.92 Å². The van der Waals surface area contributed by atoms with Crippen LogP contribution in [0, 0.1) is 12.8 Å². The lowest BCUT2D eigenvalue weighted by Gasteiger charge is -2.39. The van der Waals surface area contributed by atoms with Gasteiger partial charge < -0.3 is 9.80 Å². The highest BCUT2D eigenvalue weighted by molar-refractivity contribution is 5.78. The van der Waals surface area contributed by atoms with E-state index in [1.54, 1.807) is 6.92 Å². The number of likely N-dealkylation sites (N-methyl/N-ethyl adjacent to an activating group) is 1. The van der Waals surface area contributed by atoms with E-state index in [2.05, 4.69) is 30.0 Å². The van der Waals surface area contributed by atoms with Crippen LogP contribution in [0.5, 0.6) is 0 Å². The Hall–Kier alpha value is -1.49. The molecule has 0 N–H and O–H groups in total. The SMILES string of the molecule is CC(=O)C1CCC(c2cnc(N3C4CCC3CN(C)C4)nc2C)CC1. The van der Waals surface area contributed by atoms with Crippen molar-refractivity contribution in [1.82, 2.24) is 14.9 Å². The van der Waals surface area contributed by atoms with E-state index < -0.39 is 0 Å². The molecule has 0 radical (unpaired) electrons. The van der Waals surface area contributed by atoms with Crippen LogP contribution in [-0.4, -0.2) is 52.9 Å². The number of aromatic nitrogens is 2. The maximum Gasteiger partial charge on any atom is 0.226 e. The zero-order valence-electron chi connectivity index (χ0n) is 15.7. The van der Waals surface area contributed by atoms with Crippen molar-refractivity contribution < 1.29 is 4.79 Å². The highest BCUT2D eigenvalue weighted by Crippen LogP contribution is 2.38. The van der Waals surface area contributed by atoms with Crippen LogP contribution >= 0.6 is 0 Å². The Kier molecular flexibility index (Phi) is 4.52. The number of piperazine rings is 1. The average Bonchev–Trinajstić information content (AvgIpc) is 2.86. The Morgan fingerprint density at radius 2 is 1.72 bits per heavy atom. The summed E-state index contributed by atoms with van der Waals surface area (Å²) >= 11 is 0. The first-order chi connectivity index (χ1) is 12.0. The van der Waals surface area contributed by atoms with Crippen LogP contribution in [-0.2, 0) is 4.79 Å². The van der Waals surface area contributed by atoms with Crippen LogP contribution in [0.1, 0.15) is 62.6 Å². The summed E-state index contributed by atoms with van der Waals surface area (Å²) in [6.07, 6.45) is 8.81. The summed E-state index contributed by atoms with van der Waals surface area (Å²) in [4.78, 5) is 26.2. The lowest BCUT2D eigenvalue weighted by atomic mass is 9.77. The van der Waals surface area contributed by atoms with Crippen molar-refractivity contribution in [2.75, 3.05) is 25.0 Å². The smallest absolute Gasteiger partial charge is 0.226 e. The van der Waals surface area contributed by atoms with Gasteiger partial charge in [-0.2, -0.15) is 0 Å². The maximum atomic E-state index is 11.6. The third kappa shape index (κ3) is 3.19. The number of aryl methyl sites for hydroxylation is 1. The van der Waals surface area contributed by atoms with E-state index >= 15 is 0 Å². The van der Waals surface area contributed by atoms with Crippen LogP contribution in [0.3, 0.4) is 0 Å². The molecule has 5 heteroatoms. The Labute approximate surface area is 150 Å². The number of carbonyl (C=O) groups is 1. The van der Waals surface area contributed by atoms with Gasteiger partial charge in [0.05, 0.1) is 0 Å². The van der Waals surface area contributed by atoms with Crippen LogP contribution in [0.15, 0.2) is 6.20 Å². The normalized spacial score (nSPS) is 32.8. The third-order valence-electron chi connectivity index (χ3n) is 6.64. The molecular weight excluding hydrogens is 312 g/mol. The second-order valence-corrected chi connectivity index (χ2v) is 8.38. The fourth-order valence-electron chi connectivity index (χ4n) is 5.24. The van der Waals surface area contributed by atoms with Gasteiger partial charge in [0.25, 0.3) is 0 Å². The van der Waals surface area contributed by atoms with Gasteiger partial charge in [-0.25, -0.2) is 9.97 Å². The van der Waals surface area contributed by atoms with Gasteiger partial charge in [0.2, 0.25) is 5.95 Å². The minimum Gasteiger partial charge on any atom is -0.332 e. The number of fused-ring (bicyclic) bond motifs is 2. The molecule has 0 aromatic carbocycles. The quantitative estimate of drug-likeness (QED) is 0.845. The van der Waals surface area contributed by atoms with Crippen molar-refractivity contribution in [1.29, 1.82) is 0 Å². The summed E-state index contributed by atoms with van der Waals surface area (Å²) in [6.45, 7) is 6.11. The number of nitrogens with zero attached hydrogens (tertiary/aromatic N) is 4. The number of hydrogen-bond acceptors (Lipinski definition) is 5. The molecule has 3 heterocycles. The van der Waals surface area contributed by atoms with Gasteiger partial charge in [0.1, 0.15) is 5.78 Å². The van der Waals surface area contributed by atoms with Crippen LogP contribution in [0.4, 0.5) is 5.95 Å². The van der Waals surface area contributed by atoms with Gasteiger partial charge in [0, 0.05) is 43.0 Å². The molecule has 2 aliphatic heterocycles. The molecule has 2 saturated heterocycles. The summed E-state index contributed by atoms with van der Waals surface area (Å²) in [5.41, 5.74) is 2.43. The molecule has 1 aliphatic carbocycles. The number of rotatable bonds is 3. The minimum atomic E-state index is 0.276. The monoisotopic (exact) mass is 342 g/mol. The molecule has 2 unspecified atom stereocenters. The molecule has 136 valence electrons. The molecule has 1 aromatic rings. The van der Waals surface area contributed by atoms with E-state index in [1.165, 1.54) is 18.4 Å². The van der Waals surface area contributed by atoms with Crippen molar-refractivity contribution >= 4 is 11.7 Å². The third-order valence-corrected chi connectivity index (χ3v) is 6.64. The number of ketones is 1. The van der Waals surface area contributed by atoms with Gasteiger partial charge in [0.15, 0.2) is 0 Å². The Bertz CT molecular complexity index is 639. The zero-order chi connectivity index (χ0) is 17.6. The number of anilines is 1. The molecule has 5 nitrogen and oxygen atoms in total. The van der Waals surface area contributed by atoms with Gasteiger partial charge in [-0.3, -0.25) is 4.79 Å². The molecule has 25 heavy (non-hydrogen) atoms. The van der Waals surface area contributed by atoms with E-state index in [0.717, 1.165) is 50.4 Å². The standard InChI is InChI=1S/C20H30N4O/c1-13-19(16-6-4-15(5-7-16)14(2)25)10-21-20(22-13)24-17-8-9-18(24)12-23(3)11-17/h10,15-18H,4-9,11-12H2,1-3H3. The molecule has 1 aromatic heterocycles. The number of hydrogen-bond donors (Lipinski definition) is 0. The van der Waals surface area contributed by atoms with Crippen LogP contribution < -0.4 is 4.90 Å². The minimum absolute atomic E-state index is 0.276. The summed E-state index contributed by atoms with van der Waals surface area (Å²) in [5.74, 6) is 2.08. The summed E-state index contributed by atoms with van der Waals surface area (Å²) < 4.78 is 0. The second kappa shape index (κ2) is 6.67. The molecular formula is C20H30N4O. The van der Waals surface area contributed by atoms with Crippen LogP contribution in [0.2, 0.25) is 0 Å². The first-order valence-electron chi connectivity index (χ1n) is 9.83. The largest absolute Gasteiger partial charge is 0.332 e. The molecule has 0 amide bonds. The van der Waals surface area contributed by atoms with Crippen molar-refractivity contribution in [3.63, 3.8) is 0 Å². The van der Waals surface area contributed by atoms with Crippen molar-refractivity contribution in [2.24, 2.45) is 5.92 Å². The zero-order valence-corrected chi connectivity index (χ0v) is 15.7. The van der Waals surface area contributed by atoms with Gasteiger partial charge >= 0.3 is 0 Å². The van der Waals surface area contributed by atoms with Gasteiger partial charge in [-0.15, -0.1) is 0 Å². The average molecular weight is 342 g/mol. The molecule has 3 fully saturated rings. The van der Waals surface area contributed by atoms with Crippen molar-refractivity contribution in [3.8, 4) is 0 Å². The molecule has 4 rings (SSSR count). The van der Waals surface area contributed by atoms with E-state index in [0.29, 0.717) is 23.8 Å².